The molecule has 1 aliphatic rings. The maximum atomic E-state index is 5.10. The summed E-state index contributed by atoms with van der Waals surface area (Å²) in [5.74, 6) is 0.725. The van der Waals surface area contributed by atoms with Crippen molar-refractivity contribution >= 4 is 55.5 Å². The topological polar surface area (TPSA) is 35.6 Å². The molecule has 3 aromatic heterocycles. The van der Waals surface area contributed by atoms with Crippen molar-refractivity contribution in [3.8, 4) is 45.1 Å². The number of para-hydroxylation sites is 4. The Morgan fingerprint density at radius 2 is 1.14 bits per heavy atom. The molecule has 4 heterocycles. The van der Waals surface area contributed by atoms with Gasteiger partial charge in [-0.25, -0.2) is 9.97 Å². The molecule has 10 aromatic rings. The average molecular weight is 669 g/mol. The molecule has 11 rings (SSSR count). The lowest BCUT2D eigenvalue weighted by molar-refractivity contribution is 1.03. The highest BCUT2D eigenvalue weighted by atomic mass is 32.2. The SMILES string of the molecule is c1ccc(-c2nc(-c3ccc(-c4ccc5c(c4)-n4c6c(cccc6c6c7ccccc7n(-c7ccccc7)c64)S5)cc3)nc3ccccc23)cc1. The van der Waals surface area contributed by atoms with E-state index in [2.05, 4.69) is 161 Å². The summed E-state index contributed by atoms with van der Waals surface area (Å²) in [7, 11) is 0. The van der Waals surface area contributed by atoms with Gasteiger partial charge in [0.15, 0.2) is 5.82 Å². The molecule has 0 saturated carbocycles. The summed E-state index contributed by atoms with van der Waals surface area (Å²) in [5.41, 5.74) is 12.3. The first-order valence-electron chi connectivity index (χ1n) is 17.2. The Balaban J connectivity index is 1.08. The predicted molar refractivity (Wildman–Crippen MR) is 211 cm³/mol. The van der Waals surface area contributed by atoms with Gasteiger partial charge in [0.05, 0.1) is 27.9 Å². The van der Waals surface area contributed by atoms with E-state index in [0.29, 0.717) is 0 Å². The Morgan fingerprint density at radius 3 is 1.98 bits per heavy atom. The van der Waals surface area contributed by atoms with Crippen LogP contribution in [0.25, 0.3) is 88.9 Å². The first-order chi connectivity index (χ1) is 25.3. The third-order valence-electron chi connectivity index (χ3n) is 10.1. The van der Waals surface area contributed by atoms with Crippen LogP contribution in [0.4, 0.5) is 0 Å². The second-order valence-electron chi connectivity index (χ2n) is 13.0. The molecule has 0 amide bonds. The minimum absolute atomic E-state index is 0.725. The zero-order valence-electron chi connectivity index (χ0n) is 27.4. The number of fused-ring (bicyclic) bond motifs is 8. The molecule has 0 fully saturated rings. The maximum absolute atomic E-state index is 5.10. The lowest BCUT2D eigenvalue weighted by Crippen LogP contribution is -2.06. The zero-order valence-corrected chi connectivity index (χ0v) is 28.2. The van der Waals surface area contributed by atoms with Gasteiger partial charge in [0.2, 0.25) is 0 Å². The minimum atomic E-state index is 0.725. The van der Waals surface area contributed by atoms with Crippen LogP contribution >= 0.6 is 11.8 Å². The number of rotatable bonds is 4. The van der Waals surface area contributed by atoms with Crippen LogP contribution in [-0.4, -0.2) is 19.1 Å². The molecule has 5 heteroatoms. The molecule has 0 N–H and O–H groups in total. The summed E-state index contributed by atoms with van der Waals surface area (Å²) in [4.78, 5) is 12.6. The fraction of sp³-hybridized carbons (Fsp3) is 0. The molecule has 0 atom stereocenters. The first-order valence-corrected chi connectivity index (χ1v) is 18.0. The van der Waals surface area contributed by atoms with Crippen molar-refractivity contribution in [2.45, 2.75) is 9.79 Å². The van der Waals surface area contributed by atoms with Gasteiger partial charge in [0.25, 0.3) is 0 Å². The zero-order chi connectivity index (χ0) is 33.5. The predicted octanol–water partition coefficient (Wildman–Crippen LogP) is 12.1. The molecule has 1 aliphatic heterocycles. The summed E-state index contributed by atoms with van der Waals surface area (Å²) in [5, 5.41) is 4.90. The van der Waals surface area contributed by atoms with Crippen molar-refractivity contribution in [1.29, 1.82) is 0 Å². The number of aromatic nitrogens is 4. The van der Waals surface area contributed by atoms with Crippen LogP contribution in [0.15, 0.2) is 180 Å². The molecule has 51 heavy (non-hydrogen) atoms. The second-order valence-corrected chi connectivity index (χ2v) is 14.1. The molecule has 7 aromatic carbocycles. The van der Waals surface area contributed by atoms with E-state index in [1.165, 1.54) is 53.9 Å². The van der Waals surface area contributed by atoms with Gasteiger partial charge in [0, 0.05) is 48.2 Å². The summed E-state index contributed by atoms with van der Waals surface area (Å²) in [6.07, 6.45) is 0. The smallest absolute Gasteiger partial charge is 0.160 e. The van der Waals surface area contributed by atoms with Crippen molar-refractivity contribution in [3.63, 3.8) is 0 Å². The molecule has 0 radical (unpaired) electrons. The Morgan fingerprint density at radius 1 is 0.451 bits per heavy atom. The van der Waals surface area contributed by atoms with Gasteiger partial charge < -0.3 is 0 Å². The van der Waals surface area contributed by atoms with Crippen LogP contribution < -0.4 is 0 Å². The Labute approximate surface area is 298 Å². The van der Waals surface area contributed by atoms with Crippen LogP contribution in [0, 0.1) is 0 Å². The lowest BCUT2D eigenvalue weighted by Gasteiger charge is -2.22. The average Bonchev–Trinajstić information content (AvgIpc) is 3.72. The highest BCUT2D eigenvalue weighted by Gasteiger charge is 2.28. The molecule has 0 saturated heterocycles. The Bertz CT molecular complexity index is 2980. The van der Waals surface area contributed by atoms with Gasteiger partial charge in [-0.3, -0.25) is 9.13 Å². The molecule has 0 aliphatic carbocycles. The molecule has 0 bridgehead atoms. The van der Waals surface area contributed by atoms with E-state index in [1.54, 1.807) is 0 Å². The van der Waals surface area contributed by atoms with E-state index in [9.17, 15) is 0 Å². The van der Waals surface area contributed by atoms with Crippen LogP contribution in [0.5, 0.6) is 0 Å². The summed E-state index contributed by atoms with van der Waals surface area (Å²) in [6, 6.07) is 60.5. The van der Waals surface area contributed by atoms with Gasteiger partial charge in [-0.15, -0.1) is 0 Å². The molecule has 4 nitrogen and oxygen atoms in total. The largest absolute Gasteiger partial charge is 0.295 e. The van der Waals surface area contributed by atoms with Crippen molar-refractivity contribution in [2.24, 2.45) is 0 Å². The number of hydrogen-bond acceptors (Lipinski definition) is 3. The van der Waals surface area contributed by atoms with Gasteiger partial charge in [0.1, 0.15) is 5.65 Å². The fourth-order valence-corrected chi connectivity index (χ4v) is 8.90. The highest BCUT2D eigenvalue weighted by Crippen LogP contribution is 2.50. The van der Waals surface area contributed by atoms with Crippen LogP contribution in [-0.2, 0) is 0 Å². The molecule has 238 valence electrons. The van der Waals surface area contributed by atoms with Gasteiger partial charge in [-0.05, 0) is 53.6 Å². The number of nitrogens with zero attached hydrogens (tertiary/aromatic N) is 4. The molecule has 0 spiro atoms. The van der Waals surface area contributed by atoms with E-state index in [0.717, 1.165) is 44.8 Å². The molecular weight excluding hydrogens is 641 g/mol. The van der Waals surface area contributed by atoms with E-state index in [-0.39, 0.29) is 0 Å². The van der Waals surface area contributed by atoms with Crippen LogP contribution in [0.2, 0.25) is 0 Å². The summed E-state index contributed by atoms with van der Waals surface area (Å²) >= 11 is 1.86. The van der Waals surface area contributed by atoms with Crippen LogP contribution in [0.1, 0.15) is 0 Å². The van der Waals surface area contributed by atoms with Gasteiger partial charge in [-0.1, -0.05) is 139 Å². The van der Waals surface area contributed by atoms with E-state index < -0.39 is 0 Å². The monoisotopic (exact) mass is 668 g/mol. The Kier molecular flexibility index (Phi) is 6.15. The summed E-state index contributed by atoms with van der Waals surface area (Å²) in [6.45, 7) is 0. The van der Waals surface area contributed by atoms with E-state index in [1.807, 2.05) is 30.0 Å². The van der Waals surface area contributed by atoms with Crippen molar-refractivity contribution in [1.82, 2.24) is 19.1 Å². The van der Waals surface area contributed by atoms with Gasteiger partial charge in [-0.2, -0.15) is 0 Å². The molecular formula is C46H28N4S. The lowest BCUT2D eigenvalue weighted by atomic mass is 10.0. The van der Waals surface area contributed by atoms with Gasteiger partial charge >= 0.3 is 0 Å². The second kappa shape index (κ2) is 11.0. The quantitative estimate of drug-likeness (QED) is 0.187. The Hall–Kier alpha value is -6.43. The first kappa shape index (κ1) is 28.4. The van der Waals surface area contributed by atoms with Crippen molar-refractivity contribution in [3.05, 3.63) is 170 Å². The van der Waals surface area contributed by atoms with E-state index in [4.69, 9.17) is 9.97 Å². The third-order valence-corrected chi connectivity index (χ3v) is 11.2. The number of benzene rings is 7. The molecule has 0 unspecified atom stereocenters. The number of hydrogen-bond donors (Lipinski definition) is 0. The minimum Gasteiger partial charge on any atom is -0.295 e. The fourth-order valence-electron chi connectivity index (χ4n) is 7.83. The highest BCUT2D eigenvalue weighted by molar-refractivity contribution is 7.99. The van der Waals surface area contributed by atoms with Crippen molar-refractivity contribution in [2.75, 3.05) is 0 Å². The normalized spacial score (nSPS) is 12.2. The standard InChI is InChI=1S/C46H28N4S/c1-3-12-30(13-4-1)43-34-16-7-9-19-37(34)47-45(48-43)31-24-22-29(23-25-31)32-26-27-40-39(28-32)50-44-36(18-11-21-41(44)51-40)42-35-17-8-10-20-38(35)49(46(42)50)33-14-5-2-6-15-33/h1-28H. The third kappa shape index (κ3) is 4.28. The van der Waals surface area contributed by atoms with Crippen LogP contribution in [0.3, 0.4) is 0 Å². The maximum Gasteiger partial charge on any atom is 0.160 e. The van der Waals surface area contributed by atoms with Crippen molar-refractivity contribution < 1.29 is 0 Å². The summed E-state index contributed by atoms with van der Waals surface area (Å²) < 4.78 is 4.94. The van der Waals surface area contributed by atoms with E-state index >= 15 is 0 Å².